The van der Waals surface area contributed by atoms with Gasteiger partial charge in [-0.05, 0) is 44.7 Å². The van der Waals surface area contributed by atoms with Crippen LogP contribution in [0, 0.1) is 5.21 Å². The summed E-state index contributed by atoms with van der Waals surface area (Å²) >= 11 is 0. The molecule has 0 radical (unpaired) electrons. The van der Waals surface area contributed by atoms with Gasteiger partial charge in [-0.3, -0.25) is 9.29 Å². The normalized spacial score (nSPS) is 19.4. The number of fused-ring (bicyclic) bond motifs is 2. The van der Waals surface area contributed by atoms with E-state index >= 15 is 0 Å². The maximum Gasteiger partial charge on any atom is 0.232 e. The maximum absolute atomic E-state index is 13.3. The third-order valence-corrected chi connectivity index (χ3v) is 10.3. The SMILES string of the molecule is CC(c1cnc(N[O-])n1C)N(c1cnc2cc(N3CCOCC3)nc(OC3CCC(Nc4ccn5nccc5n4)CC3)c2c1)S(C)(=O)=O. The van der Waals surface area contributed by atoms with Crippen molar-refractivity contribution in [1.29, 1.82) is 0 Å². The molecule has 1 aliphatic carbocycles. The van der Waals surface area contributed by atoms with Gasteiger partial charge < -0.3 is 34.9 Å². The van der Waals surface area contributed by atoms with Crippen LogP contribution in [0.1, 0.15) is 44.3 Å². The van der Waals surface area contributed by atoms with E-state index in [4.69, 9.17) is 19.4 Å². The Balaban J connectivity index is 1.17. The number of hydrogen-bond donors (Lipinski definition) is 2. The van der Waals surface area contributed by atoms with Crippen LogP contribution in [-0.2, 0) is 21.8 Å². The van der Waals surface area contributed by atoms with Gasteiger partial charge in [0.05, 0.1) is 66.4 Å². The van der Waals surface area contributed by atoms with Crippen LogP contribution in [0.5, 0.6) is 5.88 Å². The smallest absolute Gasteiger partial charge is 0.232 e. The molecule has 6 heterocycles. The molecule has 0 spiro atoms. The Bertz CT molecular complexity index is 2020. The Morgan fingerprint density at radius 1 is 1.08 bits per heavy atom. The van der Waals surface area contributed by atoms with Crippen LogP contribution in [0.3, 0.4) is 0 Å². The predicted molar refractivity (Wildman–Crippen MR) is 182 cm³/mol. The van der Waals surface area contributed by atoms with Crippen LogP contribution in [0.4, 0.5) is 23.3 Å². The molecule has 0 amide bonds. The van der Waals surface area contributed by atoms with Crippen LogP contribution < -0.4 is 24.7 Å². The molecule has 1 atom stereocenters. The van der Waals surface area contributed by atoms with Crippen molar-refractivity contribution in [3.63, 3.8) is 0 Å². The zero-order chi connectivity index (χ0) is 33.4. The predicted octanol–water partition coefficient (Wildman–Crippen LogP) is 3.48. The minimum Gasteiger partial charge on any atom is -0.759 e. The number of nitrogens with one attached hydrogen (secondary N) is 2. The lowest BCUT2D eigenvalue weighted by molar-refractivity contribution is 0.122. The van der Waals surface area contributed by atoms with Gasteiger partial charge in [-0.2, -0.15) is 10.1 Å². The summed E-state index contributed by atoms with van der Waals surface area (Å²) in [6.45, 7) is 4.32. The summed E-state index contributed by atoms with van der Waals surface area (Å²) in [5.74, 6) is 2.04. The molecule has 1 unspecified atom stereocenters. The lowest BCUT2D eigenvalue weighted by atomic mass is 9.93. The number of nitrogens with zero attached hydrogens (tertiary/aromatic N) is 9. The van der Waals surface area contributed by atoms with Crippen LogP contribution in [0.25, 0.3) is 16.6 Å². The standard InChI is InChI=1S/C31H38N11O5S/c1-20(26-19-33-31(38-43)39(26)2)42(48(3,44)45)22-16-24-25(32-18-22)17-29(40-12-14-46-15-13-40)37-30(24)47-23-6-4-21(5-7-23)35-27-9-11-41-28(36-27)8-10-34-41/h8-11,16-21,23H,4-7,12-15H2,1-3H3,(H2-,33,35,36,38,43)/q-1. The molecule has 2 fully saturated rings. The molecule has 5 aromatic heterocycles. The number of sulfonamides is 1. The molecule has 5 aromatic rings. The molecule has 7 rings (SSSR count). The molecular weight excluding hydrogens is 638 g/mol. The fourth-order valence-electron chi connectivity index (χ4n) is 6.55. The highest BCUT2D eigenvalue weighted by Crippen LogP contribution is 2.36. The zero-order valence-electron chi connectivity index (χ0n) is 27.0. The van der Waals surface area contributed by atoms with E-state index in [1.165, 1.54) is 15.1 Å². The van der Waals surface area contributed by atoms with E-state index in [2.05, 4.69) is 25.3 Å². The number of pyridine rings is 2. The monoisotopic (exact) mass is 676 g/mol. The van der Waals surface area contributed by atoms with Gasteiger partial charge in [0.25, 0.3) is 0 Å². The van der Waals surface area contributed by atoms with Crippen molar-refractivity contribution in [2.75, 3.05) is 52.6 Å². The first-order valence-corrected chi connectivity index (χ1v) is 17.8. The van der Waals surface area contributed by atoms with Crippen LogP contribution in [0.2, 0.25) is 0 Å². The van der Waals surface area contributed by atoms with Crippen molar-refractivity contribution in [2.24, 2.45) is 7.05 Å². The number of anilines is 4. The fourth-order valence-corrected chi connectivity index (χ4v) is 7.71. The molecular formula is C31H38N11O5S-. The van der Waals surface area contributed by atoms with Crippen LogP contribution in [0.15, 0.2) is 49.1 Å². The zero-order valence-corrected chi connectivity index (χ0v) is 27.8. The van der Waals surface area contributed by atoms with Gasteiger partial charge in [-0.15, -0.1) is 0 Å². The van der Waals surface area contributed by atoms with Crippen molar-refractivity contribution < 1.29 is 17.9 Å². The van der Waals surface area contributed by atoms with E-state index in [1.54, 1.807) is 42.4 Å². The number of hydrogen-bond acceptors (Lipinski definition) is 13. The van der Waals surface area contributed by atoms with Gasteiger partial charge in [0.1, 0.15) is 17.7 Å². The lowest BCUT2D eigenvalue weighted by Crippen LogP contribution is -2.37. The second-order valence-corrected chi connectivity index (χ2v) is 14.1. The second kappa shape index (κ2) is 13.0. The van der Waals surface area contributed by atoms with Gasteiger partial charge >= 0.3 is 0 Å². The molecule has 254 valence electrons. The summed E-state index contributed by atoms with van der Waals surface area (Å²) in [7, 11) is -2.15. The minimum absolute atomic E-state index is 0.0815. The van der Waals surface area contributed by atoms with Gasteiger partial charge in [-0.25, -0.2) is 22.9 Å². The van der Waals surface area contributed by atoms with Crippen molar-refractivity contribution >= 4 is 49.8 Å². The summed E-state index contributed by atoms with van der Waals surface area (Å²) in [6.07, 6.45) is 11.1. The molecule has 0 aromatic carbocycles. The summed E-state index contributed by atoms with van der Waals surface area (Å²) in [5, 5.41) is 19.7. The van der Waals surface area contributed by atoms with E-state index in [1.807, 2.05) is 24.4 Å². The molecule has 1 aliphatic heterocycles. The molecule has 2 aliphatic rings. The molecule has 48 heavy (non-hydrogen) atoms. The fraction of sp³-hybridized carbons (Fsp3) is 0.452. The quantitative estimate of drug-likeness (QED) is 0.206. The first-order valence-electron chi connectivity index (χ1n) is 15.9. The highest BCUT2D eigenvalue weighted by Gasteiger charge is 2.30. The van der Waals surface area contributed by atoms with Crippen molar-refractivity contribution in [1.82, 2.24) is 34.1 Å². The van der Waals surface area contributed by atoms with E-state index in [0.29, 0.717) is 54.5 Å². The van der Waals surface area contributed by atoms with E-state index in [0.717, 1.165) is 49.2 Å². The molecule has 1 saturated carbocycles. The van der Waals surface area contributed by atoms with E-state index in [-0.39, 0.29) is 18.1 Å². The Morgan fingerprint density at radius 3 is 2.60 bits per heavy atom. The highest BCUT2D eigenvalue weighted by molar-refractivity contribution is 7.92. The first kappa shape index (κ1) is 31.8. The maximum atomic E-state index is 13.3. The number of imidazole rings is 1. The topological polar surface area (TPSA) is 180 Å². The number of morpholine rings is 1. The minimum atomic E-state index is -3.80. The van der Waals surface area contributed by atoms with Crippen molar-refractivity contribution in [3.05, 3.63) is 60.0 Å². The van der Waals surface area contributed by atoms with Crippen molar-refractivity contribution in [2.45, 2.75) is 50.8 Å². The Hall–Kier alpha value is -4.74. The van der Waals surface area contributed by atoms with Crippen LogP contribution >= 0.6 is 0 Å². The molecule has 1 saturated heterocycles. The van der Waals surface area contributed by atoms with Gasteiger partial charge in [0.2, 0.25) is 15.9 Å². The molecule has 0 bridgehead atoms. The van der Waals surface area contributed by atoms with E-state index in [9.17, 15) is 13.6 Å². The van der Waals surface area contributed by atoms with Gasteiger partial charge in [-0.1, -0.05) is 0 Å². The molecule has 16 nitrogen and oxygen atoms in total. The molecule has 17 heteroatoms. The Kier molecular flexibility index (Phi) is 8.65. The highest BCUT2D eigenvalue weighted by atomic mass is 32.2. The number of ether oxygens (including phenoxy) is 2. The number of aromatic nitrogens is 7. The Morgan fingerprint density at radius 2 is 1.88 bits per heavy atom. The van der Waals surface area contributed by atoms with E-state index < -0.39 is 16.1 Å². The van der Waals surface area contributed by atoms with Crippen LogP contribution in [-0.4, -0.2) is 87.2 Å². The largest absolute Gasteiger partial charge is 0.759 e. The van der Waals surface area contributed by atoms with Gasteiger partial charge in [0, 0.05) is 44.5 Å². The summed E-state index contributed by atoms with van der Waals surface area (Å²) in [6, 6.07) is 7.01. The first-order chi connectivity index (χ1) is 23.2. The third kappa shape index (κ3) is 6.40. The molecule has 2 N–H and O–H groups in total. The average molecular weight is 677 g/mol. The number of rotatable bonds is 10. The lowest BCUT2D eigenvalue weighted by Gasteiger charge is -2.32. The average Bonchev–Trinajstić information content (AvgIpc) is 3.71. The van der Waals surface area contributed by atoms with Crippen molar-refractivity contribution in [3.8, 4) is 5.88 Å². The summed E-state index contributed by atoms with van der Waals surface area (Å²) in [4.78, 5) is 20.6. The third-order valence-electron chi connectivity index (χ3n) is 9.02. The second-order valence-electron chi connectivity index (χ2n) is 12.2. The summed E-state index contributed by atoms with van der Waals surface area (Å²) in [5.41, 5.74) is 4.09. The Labute approximate surface area is 277 Å². The summed E-state index contributed by atoms with van der Waals surface area (Å²) < 4.78 is 43.3. The van der Waals surface area contributed by atoms with Gasteiger partial charge in [0.15, 0.2) is 11.6 Å².